The van der Waals surface area contributed by atoms with E-state index in [2.05, 4.69) is 52.2 Å². The first-order valence-electron chi connectivity index (χ1n) is 7.89. The van der Waals surface area contributed by atoms with E-state index in [0.29, 0.717) is 6.04 Å². The van der Waals surface area contributed by atoms with Gasteiger partial charge in [-0.05, 0) is 93.5 Å². The number of benzene rings is 1. The van der Waals surface area contributed by atoms with Gasteiger partial charge in [0, 0.05) is 9.75 Å². The molecule has 2 aromatic rings. The number of hydrogen-bond acceptors (Lipinski definition) is 2. The van der Waals surface area contributed by atoms with E-state index in [-0.39, 0.29) is 0 Å². The van der Waals surface area contributed by atoms with Gasteiger partial charge in [0.1, 0.15) is 0 Å². The molecule has 0 fully saturated rings. The molecule has 21 heavy (non-hydrogen) atoms. The molecule has 0 spiro atoms. The average molecular weight is 299 g/mol. The molecule has 0 bridgehead atoms. The van der Waals surface area contributed by atoms with Crippen LogP contribution in [-0.4, -0.2) is 7.05 Å². The van der Waals surface area contributed by atoms with Gasteiger partial charge in [-0.2, -0.15) is 0 Å². The molecule has 0 saturated heterocycles. The fourth-order valence-electron chi connectivity index (χ4n) is 3.60. The van der Waals surface area contributed by atoms with Crippen LogP contribution in [-0.2, 0) is 12.8 Å². The van der Waals surface area contributed by atoms with Gasteiger partial charge >= 0.3 is 0 Å². The van der Waals surface area contributed by atoms with E-state index >= 15 is 0 Å². The Hall–Kier alpha value is -1.12. The van der Waals surface area contributed by atoms with Crippen LogP contribution in [0.5, 0.6) is 0 Å². The van der Waals surface area contributed by atoms with Gasteiger partial charge in [-0.3, -0.25) is 0 Å². The van der Waals surface area contributed by atoms with Crippen molar-refractivity contribution in [1.29, 1.82) is 0 Å². The van der Waals surface area contributed by atoms with E-state index in [0.717, 1.165) is 0 Å². The fraction of sp³-hybridized carbons (Fsp3) is 0.474. The third kappa shape index (κ3) is 2.45. The van der Waals surface area contributed by atoms with Crippen LogP contribution in [0.25, 0.3) is 0 Å². The molecule has 1 unspecified atom stereocenters. The molecule has 1 aliphatic carbocycles. The van der Waals surface area contributed by atoms with Crippen molar-refractivity contribution in [2.75, 3.05) is 7.05 Å². The van der Waals surface area contributed by atoms with Gasteiger partial charge in [0.15, 0.2) is 0 Å². The first-order valence-corrected chi connectivity index (χ1v) is 8.70. The second-order valence-electron chi connectivity index (χ2n) is 6.35. The maximum atomic E-state index is 3.57. The zero-order valence-electron chi connectivity index (χ0n) is 13.8. The Balaban J connectivity index is 2.12. The number of thiophene rings is 1. The van der Waals surface area contributed by atoms with Crippen LogP contribution in [0.4, 0.5) is 0 Å². The Bertz CT molecular complexity index is 634. The van der Waals surface area contributed by atoms with Crippen LogP contribution >= 0.6 is 11.3 Å². The number of rotatable bonds is 3. The van der Waals surface area contributed by atoms with E-state index in [4.69, 9.17) is 0 Å². The van der Waals surface area contributed by atoms with Gasteiger partial charge in [-0.25, -0.2) is 0 Å². The quantitative estimate of drug-likeness (QED) is 0.860. The maximum absolute atomic E-state index is 3.57. The summed E-state index contributed by atoms with van der Waals surface area (Å²) in [5.74, 6) is 0. The van der Waals surface area contributed by atoms with Crippen LogP contribution in [0.2, 0.25) is 0 Å². The van der Waals surface area contributed by atoms with E-state index in [1.165, 1.54) is 52.0 Å². The largest absolute Gasteiger partial charge is 0.309 e. The van der Waals surface area contributed by atoms with Crippen LogP contribution in [0, 0.1) is 27.7 Å². The van der Waals surface area contributed by atoms with Crippen molar-refractivity contribution >= 4 is 11.3 Å². The standard InChI is InChI=1S/C19H25NS/c1-11-9-12(2)14(4)18(13(11)3)19(20-5)17-10-15-7-6-8-16(15)21-17/h9-10,19-20H,6-8H2,1-5H3. The minimum atomic E-state index is 0.333. The van der Waals surface area contributed by atoms with E-state index in [1.807, 2.05) is 11.3 Å². The van der Waals surface area contributed by atoms with Crippen molar-refractivity contribution in [2.24, 2.45) is 0 Å². The molecule has 0 radical (unpaired) electrons. The minimum Gasteiger partial charge on any atom is -0.309 e. The zero-order chi connectivity index (χ0) is 15.1. The lowest BCUT2D eigenvalue weighted by Crippen LogP contribution is -2.20. The molecule has 1 nitrogen and oxygen atoms in total. The molecular weight excluding hydrogens is 274 g/mol. The Labute approximate surface area is 132 Å². The van der Waals surface area contributed by atoms with Gasteiger partial charge < -0.3 is 5.32 Å². The highest BCUT2D eigenvalue weighted by Crippen LogP contribution is 2.38. The predicted octanol–water partition coefficient (Wildman–Crippen LogP) is 4.78. The van der Waals surface area contributed by atoms with E-state index < -0.39 is 0 Å². The molecule has 0 saturated carbocycles. The summed E-state index contributed by atoms with van der Waals surface area (Å²) in [4.78, 5) is 3.10. The zero-order valence-corrected chi connectivity index (χ0v) is 14.6. The highest BCUT2D eigenvalue weighted by Gasteiger charge is 2.23. The van der Waals surface area contributed by atoms with Crippen LogP contribution in [0.1, 0.15) is 55.6 Å². The smallest absolute Gasteiger partial charge is 0.0674 e. The number of hydrogen-bond donors (Lipinski definition) is 1. The normalized spacial score (nSPS) is 15.3. The summed E-state index contributed by atoms with van der Waals surface area (Å²) in [5.41, 5.74) is 8.75. The molecule has 1 aromatic carbocycles. The van der Waals surface area contributed by atoms with Crippen molar-refractivity contribution in [3.63, 3.8) is 0 Å². The van der Waals surface area contributed by atoms with Crippen molar-refractivity contribution in [3.05, 3.63) is 55.3 Å². The van der Waals surface area contributed by atoms with Crippen molar-refractivity contribution in [2.45, 2.75) is 53.0 Å². The third-order valence-corrected chi connectivity index (χ3v) is 6.35. The Morgan fingerprint density at radius 2 is 1.67 bits per heavy atom. The summed E-state index contributed by atoms with van der Waals surface area (Å²) in [6.45, 7) is 8.99. The Kier molecular flexibility index (Phi) is 3.94. The monoisotopic (exact) mass is 299 g/mol. The molecular formula is C19H25NS. The lowest BCUT2D eigenvalue weighted by Gasteiger charge is -2.23. The number of aryl methyl sites for hydroxylation is 4. The summed E-state index contributed by atoms with van der Waals surface area (Å²) >= 11 is 2.02. The summed E-state index contributed by atoms with van der Waals surface area (Å²) in [6, 6.07) is 5.10. The lowest BCUT2D eigenvalue weighted by molar-refractivity contribution is 0.692. The maximum Gasteiger partial charge on any atom is 0.0674 e. The summed E-state index contributed by atoms with van der Waals surface area (Å²) < 4.78 is 0. The molecule has 1 heterocycles. The molecule has 2 heteroatoms. The highest BCUT2D eigenvalue weighted by molar-refractivity contribution is 7.12. The molecule has 0 aliphatic heterocycles. The molecule has 3 rings (SSSR count). The summed E-state index contributed by atoms with van der Waals surface area (Å²) in [6.07, 6.45) is 3.89. The molecule has 112 valence electrons. The van der Waals surface area contributed by atoms with Crippen molar-refractivity contribution < 1.29 is 0 Å². The van der Waals surface area contributed by atoms with E-state index in [1.54, 1.807) is 10.4 Å². The Morgan fingerprint density at radius 1 is 1.00 bits per heavy atom. The summed E-state index contributed by atoms with van der Waals surface area (Å²) in [5, 5.41) is 3.57. The average Bonchev–Trinajstić information content (AvgIpc) is 3.02. The Morgan fingerprint density at radius 3 is 2.24 bits per heavy atom. The van der Waals surface area contributed by atoms with Gasteiger partial charge in [-0.1, -0.05) is 6.07 Å². The third-order valence-electron chi connectivity index (χ3n) is 5.05. The molecule has 1 aliphatic rings. The predicted molar refractivity (Wildman–Crippen MR) is 92.6 cm³/mol. The first kappa shape index (κ1) is 14.8. The lowest BCUT2D eigenvalue weighted by atomic mass is 9.89. The van der Waals surface area contributed by atoms with Gasteiger partial charge in [0.25, 0.3) is 0 Å². The van der Waals surface area contributed by atoms with E-state index in [9.17, 15) is 0 Å². The van der Waals surface area contributed by atoms with Crippen LogP contribution < -0.4 is 5.32 Å². The first-order chi connectivity index (χ1) is 10.0. The van der Waals surface area contributed by atoms with Crippen molar-refractivity contribution in [1.82, 2.24) is 5.32 Å². The second-order valence-corrected chi connectivity index (χ2v) is 7.51. The molecule has 1 N–H and O–H groups in total. The van der Waals surface area contributed by atoms with Crippen molar-refractivity contribution in [3.8, 4) is 0 Å². The fourth-order valence-corrected chi connectivity index (χ4v) is 4.98. The highest BCUT2D eigenvalue weighted by atomic mass is 32.1. The van der Waals surface area contributed by atoms with Gasteiger partial charge in [0.05, 0.1) is 6.04 Å². The van der Waals surface area contributed by atoms with Gasteiger partial charge in [0.2, 0.25) is 0 Å². The minimum absolute atomic E-state index is 0.333. The summed E-state index contributed by atoms with van der Waals surface area (Å²) in [7, 11) is 2.09. The molecule has 1 atom stereocenters. The molecule has 1 aromatic heterocycles. The van der Waals surface area contributed by atoms with Gasteiger partial charge in [-0.15, -0.1) is 11.3 Å². The molecule has 0 amide bonds. The SMILES string of the molecule is CNC(c1cc2c(s1)CCC2)c1c(C)c(C)cc(C)c1C. The topological polar surface area (TPSA) is 12.0 Å². The van der Waals surface area contributed by atoms with Crippen LogP contribution in [0.15, 0.2) is 12.1 Å². The van der Waals surface area contributed by atoms with Crippen LogP contribution in [0.3, 0.4) is 0 Å². The second kappa shape index (κ2) is 5.58. The number of nitrogens with one attached hydrogen (secondary N) is 1. The number of fused-ring (bicyclic) bond motifs is 1.